The van der Waals surface area contributed by atoms with Crippen molar-refractivity contribution in [2.24, 2.45) is 0 Å². The third-order valence-corrected chi connectivity index (χ3v) is 3.04. The van der Waals surface area contributed by atoms with E-state index in [0.717, 1.165) is 24.3 Å². The van der Waals surface area contributed by atoms with Crippen LogP contribution in [0.4, 0.5) is 0 Å². The van der Waals surface area contributed by atoms with Crippen molar-refractivity contribution in [1.29, 1.82) is 0 Å². The van der Waals surface area contributed by atoms with Gasteiger partial charge in [0.2, 0.25) is 11.8 Å². The first-order valence-electron chi connectivity index (χ1n) is 6.87. The summed E-state index contributed by atoms with van der Waals surface area (Å²) in [5, 5.41) is 7.96. The highest BCUT2D eigenvalue weighted by Crippen LogP contribution is 2.15. The number of rotatable bonds is 7. The lowest BCUT2D eigenvalue weighted by atomic mass is 10.2. The number of ether oxygens (including phenoxy) is 1. The van der Waals surface area contributed by atoms with Gasteiger partial charge in [0.25, 0.3) is 0 Å². The van der Waals surface area contributed by atoms with Gasteiger partial charge in [-0.3, -0.25) is 4.90 Å². The van der Waals surface area contributed by atoms with Crippen LogP contribution in [0.15, 0.2) is 28.7 Å². The Bertz CT molecular complexity index is 539. The molecule has 0 saturated carbocycles. The molecule has 0 saturated heterocycles. The fraction of sp³-hybridized carbons (Fsp3) is 0.467. The summed E-state index contributed by atoms with van der Waals surface area (Å²) in [6.07, 6.45) is 0.771. The molecular formula is C15H21N3O2. The lowest BCUT2D eigenvalue weighted by Gasteiger charge is -2.15. The zero-order valence-corrected chi connectivity index (χ0v) is 12.3. The van der Waals surface area contributed by atoms with E-state index in [9.17, 15) is 0 Å². The van der Waals surface area contributed by atoms with Crippen LogP contribution in [0.2, 0.25) is 0 Å². The van der Waals surface area contributed by atoms with Crippen LogP contribution in [-0.2, 0) is 13.0 Å². The molecule has 20 heavy (non-hydrogen) atoms. The van der Waals surface area contributed by atoms with E-state index >= 15 is 0 Å². The standard InChI is InChI=1S/C15H21N3O2/c1-4-14-16-17-15(20-14)11-18(3)9-10-19-13-8-6-5-7-12(13)2/h5-8H,4,9-11H2,1-3H3. The molecule has 5 heteroatoms. The van der Waals surface area contributed by atoms with Crippen LogP contribution in [0.25, 0.3) is 0 Å². The van der Waals surface area contributed by atoms with Gasteiger partial charge in [-0.2, -0.15) is 0 Å². The highest BCUT2D eigenvalue weighted by Gasteiger charge is 2.08. The largest absolute Gasteiger partial charge is 0.492 e. The topological polar surface area (TPSA) is 51.4 Å². The normalized spacial score (nSPS) is 11.0. The summed E-state index contributed by atoms with van der Waals surface area (Å²) in [5.41, 5.74) is 1.15. The van der Waals surface area contributed by atoms with E-state index in [1.807, 2.05) is 45.2 Å². The first-order chi connectivity index (χ1) is 9.69. The predicted octanol–water partition coefficient (Wildman–Crippen LogP) is 2.45. The number of benzene rings is 1. The molecule has 5 nitrogen and oxygen atoms in total. The minimum Gasteiger partial charge on any atom is -0.492 e. The van der Waals surface area contributed by atoms with E-state index in [-0.39, 0.29) is 0 Å². The lowest BCUT2D eigenvalue weighted by molar-refractivity contribution is 0.218. The van der Waals surface area contributed by atoms with Crippen molar-refractivity contribution in [1.82, 2.24) is 15.1 Å². The Morgan fingerprint density at radius 1 is 1.20 bits per heavy atom. The van der Waals surface area contributed by atoms with Crippen molar-refractivity contribution < 1.29 is 9.15 Å². The Kier molecular flexibility index (Phi) is 5.12. The minimum atomic E-state index is 0.635. The Labute approximate surface area is 119 Å². The van der Waals surface area contributed by atoms with Crippen LogP contribution >= 0.6 is 0 Å². The molecule has 108 valence electrons. The lowest BCUT2D eigenvalue weighted by Crippen LogP contribution is -2.24. The molecule has 0 bridgehead atoms. The molecule has 0 spiro atoms. The predicted molar refractivity (Wildman–Crippen MR) is 76.7 cm³/mol. The fourth-order valence-electron chi connectivity index (χ4n) is 1.83. The molecule has 0 atom stereocenters. The van der Waals surface area contributed by atoms with Gasteiger partial charge in [-0.05, 0) is 25.6 Å². The van der Waals surface area contributed by atoms with Crippen LogP contribution in [0.5, 0.6) is 5.75 Å². The summed E-state index contributed by atoms with van der Waals surface area (Å²) >= 11 is 0. The number of nitrogens with zero attached hydrogens (tertiary/aromatic N) is 3. The zero-order valence-electron chi connectivity index (χ0n) is 12.3. The SMILES string of the molecule is CCc1nnc(CN(C)CCOc2ccccc2C)o1. The second-order valence-electron chi connectivity index (χ2n) is 4.79. The van der Waals surface area contributed by atoms with Crippen molar-refractivity contribution in [2.45, 2.75) is 26.8 Å². The van der Waals surface area contributed by atoms with Crippen molar-refractivity contribution in [3.63, 3.8) is 0 Å². The van der Waals surface area contributed by atoms with Gasteiger partial charge in [-0.25, -0.2) is 0 Å². The van der Waals surface area contributed by atoms with Gasteiger partial charge in [0.1, 0.15) is 12.4 Å². The van der Waals surface area contributed by atoms with Gasteiger partial charge in [0, 0.05) is 13.0 Å². The van der Waals surface area contributed by atoms with Gasteiger partial charge >= 0.3 is 0 Å². The second-order valence-corrected chi connectivity index (χ2v) is 4.79. The maximum absolute atomic E-state index is 5.76. The first kappa shape index (κ1) is 14.5. The quantitative estimate of drug-likeness (QED) is 0.777. The van der Waals surface area contributed by atoms with Gasteiger partial charge in [-0.1, -0.05) is 25.1 Å². The number of aromatic nitrogens is 2. The average Bonchev–Trinajstić information content (AvgIpc) is 2.88. The van der Waals surface area contributed by atoms with Gasteiger partial charge in [0.05, 0.1) is 6.54 Å². The highest BCUT2D eigenvalue weighted by atomic mass is 16.5. The molecule has 0 fully saturated rings. The van der Waals surface area contributed by atoms with Crippen molar-refractivity contribution in [3.05, 3.63) is 41.6 Å². The molecule has 2 aromatic rings. The van der Waals surface area contributed by atoms with E-state index < -0.39 is 0 Å². The smallest absolute Gasteiger partial charge is 0.230 e. The summed E-state index contributed by atoms with van der Waals surface area (Å²) < 4.78 is 11.2. The summed E-state index contributed by atoms with van der Waals surface area (Å²) in [6.45, 7) is 6.12. The molecule has 2 rings (SSSR count). The summed E-state index contributed by atoms with van der Waals surface area (Å²) in [5.74, 6) is 2.27. The van der Waals surface area contributed by atoms with Crippen LogP contribution < -0.4 is 4.74 Å². The van der Waals surface area contributed by atoms with Crippen LogP contribution in [0, 0.1) is 6.92 Å². The van der Waals surface area contributed by atoms with Crippen molar-refractivity contribution in [2.75, 3.05) is 20.2 Å². The third kappa shape index (κ3) is 4.06. The zero-order chi connectivity index (χ0) is 14.4. The molecule has 0 unspecified atom stereocenters. The Balaban J connectivity index is 1.75. The molecule has 0 amide bonds. The summed E-state index contributed by atoms with van der Waals surface area (Å²) in [6, 6.07) is 8.02. The molecule has 0 radical (unpaired) electrons. The molecule has 0 N–H and O–H groups in total. The maximum atomic E-state index is 5.76. The van der Waals surface area contributed by atoms with Gasteiger partial charge in [-0.15, -0.1) is 10.2 Å². The van der Waals surface area contributed by atoms with Crippen molar-refractivity contribution in [3.8, 4) is 5.75 Å². The van der Waals surface area contributed by atoms with E-state index in [0.29, 0.717) is 24.9 Å². The van der Waals surface area contributed by atoms with E-state index in [2.05, 4.69) is 15.1 Å². The first-order valence-corrected chi connectivity index (χ1v) is 6.87. The minimum absolute atomic E-state index is 0.635. The number of hydrogen-bond donors (Lipinski definition) is 0. The van der Waals surface area contributed by atoms with Gasteiger partial charge in [0.15, 0.2) is 0 Å². The number of likely N-dealkylation sites (N-methyl/N-ethyl adjacent to an activating group) is 1. The molecule has 0 aliphatic heterocycles. The van der Waals surface area contributed by atoms with Crippen LogP contribution in [-0.4, -0.2) is 35.3 Å². The second kappa shape index (κ2) is 7.05. The molecule has 0 aliphatic carbocycles. The van der Waals surface area contributed by atoms with Crippen molar-refractivity contribution >= 4 is 0 Å². The Morgan fingerprint density at radius 2 is 1.95 bits per heavy atom. The molecule has 1 aromatic heterocycles. The van der Waals surface area contributed by atoms with E-state index in [1.54, 1.807) is 0 Å². The Morgan fingerprint density at radius 3 is 2.65 bits per heavy atom. The fourth-order valence-corrected chi connectivity index (χ4v) is 1.83. The van der Waals surface area contributed by atoms with Crippen LogP contribution in [0.3, 0.4) is 0 Å². The maximum Gasteiger partial charge on any atom is 0.230 e. The van der Waals surface area contributed by atoms with E-state index in [4.69, 9.17) is 9.15 Å². The number of hydrogen-bond acceptors (Lipinski definition) is 5. The molecule has 0 aliphatic rings. The average molecular weight is 275 g/mol. The summed E-state index contributed by atoms with van der Waals surface area (Å²) in [7, 11) is 2.01. The number of para-hydroxylation sites is 1. The summed E-state index contributed by atoms with van der Waals surface area (Å²) in [4.78, 5) is 2.10. The molecule has 1 heterocycles. The monoisotopic (exact) mass is 275 g/mol. The molecule has 1 aromatic carbocycles. The van der Waals surface area contributed by atoms with Gasteiger partial charge < -0.3 is 9.15 Å². The number of aryl methyl sites for hydroxylation is 2. The highest BCUT2D eigenvalue weighted by molar-refractivity contribution is 5.31. The Hall–Kier alpha value is -1.88. The van der Waals surface area contributed by atoms with E-state index in [1.165, 1.54) is 0 Å². The molecular weight excluding hydrogens is 254 g/mol. The third-order valence-electron chi connectivity index (χ3n) is 3.04. The van der Waals surface area contributed by atoms with Crippen LogP contribution in [0.1, 0.15) is 24.3 Å².